The number of carbonyl (C=O) groups excluding carboxylic acids is 1. The van der Waals surface area contributed by atoms with Crippen molar-refractivity contribution in [2.75, 3.05) is 20.2 Å². The van der Waals surface area contributed by atoms with Crippen molar-refractivity contribution in [3.63, 3.8) is 0 Å². The summed E-state index contributed by atoms with van der Waals surface area (Å²) in [4.78, 5) is 19.8. The minimum absolute atomic E-state index is 0.0640. The fraction of sp³-hybridized carbons (Fsp3) is 0.381. The van der Waals surface area contributed by atoms with Crippen molar-refractivity contribution in [2.24, 2.45) is 5.73 Å². The Labute approximate surface area is 164 Å². The summed E-state index contributed by atoms with van der Waals surface area (Å²) in [6, 6.07) is 9.72. The second kappa shape index (κ2) is 6.91. The molecule has 1 aromatic carbocycles. The van der Waals surface area contributed by atoms with E-state index in [-0.39, 0.29) is 17.9 Å². The van der Waals surface area contributed by atoms with Gasteiger partial charge in [0.15, 0.2) is 5.65 Å². The van der Waals surface area contributed by atoms with Gasteiger partial charge in [0.05, 0.1) is 12.8 Å². The van der Waals surface area contributed by atoms with Gasteiger partial charge in [-0.3, -0.25) is 4.79 Å². The Morgan fingerprint density at radius 1 is 1.21 bits per heavy atom. The number of methoxy groups -OCH3 is 1. The molecule has 2 unspecified atom stereocenters. The molecule has 28 heavy (non-hydrogen) atoms. The average Bonchev–Trinajstić information content (AvgIpc) is 3.21. The molecule has 2 aromatic heterocycles. The van der Waals surface area contributed by atoms with Crippen LogP contribution in [0.4, 0.5) is 0 Å². The molecule has 3 aromatic rings. The third-order valence-electron chi connectivity index (χ3n) is 5.46. The number of nitrogens with zero attached hydrogens (tertiary/aromatic N) is 4. The number of nitrogens with two attached hydrogens (primary N) is 1. The first-order chi connectivity index (χ1) is 13.4. The van der Waals surface area contributed by atoms with Gasteiger partial charge in [-0.2, -0.15) is 5.10 Å². The lowest BCUT2D eigenvalue weighted by atomic mass is 9.95. The fourth-order valence-corrected chi connectivity index (χ4v) is 4.06. The summed E-state index contributed by atoms with van der Waals surface area (Å²) >= 11 is 0. The van der Waals surface area contributed by atoms with E-state index in [2.05, 4.69) is 10.1 Å². The van der Waals surface area contributed by atoms with Crippen LogP contribution in [0.3, 0.4) is 0 Å². The lowest BCUT2D eigenvalue weighted by Gasteiger charge is -2.17. The molecule has 146 valence electrons. The number of aromatic nitrogens is 3. The van der Waals surface area contributed by atoms with Crippen molar-refractivity contribution < 1.29 is 9.53 Å². The second-order valence-corrected chi connectivity index (χ2v) is 7.49. The summed E-state index contributed by atoms with van der Waals surface area (Å²) in [5, 5.41) is 4.52. The molecule has 0 radical (unpaired) electrons. The van der Waals surface area contributed by atoms with Gasteiger partial charge < -0.3 is 15.4 Å². The van der Waals surface area contributed by atoms with Gasteiger partial charge in [-0.15, -0.1) is 0 Å². The molecule has 3 heterocycles. The van der Waals surface area contributed by atoms with Crippen molar-refractivity contribution >= 4 is 11.6 Å². The molecule has 1 aliphatic heterocycles. The Kier molecular flexibility index (Phi) is 4.55. The smallest absolute Gasteiger partial charge is 0.259 e. The van der Waals surface area contributed by atoms with Gasteiger partial charge in [-0.05, 0) is 44.5 Å². The number of ether oxygens (including phenoxy) is 1. The molecular formula is C21H25N5O2. The van der Waals surface area contributed by atoms with E-state index in [0.717, 1.165) is 22.7 Å². The van der Waals surface area contributed by atoms with Gasteiger partial charge in [0.2, 0.25) is 0 Å². The van der Waals surface area contributed by atoms with Crippen molar-refractivity contribution in [1.29, 1.82) is 0 Å². The van der Waals surface area contributed by atoms with Gasteiger partial charge in [-0.25, -0.2) is 9.50 Å². The van der Waals surface area contributed by atoms with Crippen LogP contribution in [0.5, 0.6) is 5.75 Å². The zero-order valence-corrected chi connectivity index (χ0v) is 16.6. The zero-order valence-electron chi connectivity index (χ0n) is 16.6. The Hall–Kier alpha value is -2.93. The number of fused-ring (bicyclic) bond motifs is 1. The molecule has 1 fully saturated rings. The maximum absolute atomic E-state index is 13.4. The molecule has 2 atom stereocenters. The molecule has 2 N–H and O–H groups in total. The van der Waals surface area contributed by atoms with Gasteiger partial charge in [0, 0.05) is 36.4 Å². The number of amides is 1. The SMILES string of the molecule is COc1cccc(C2CN(C(=O)c3c(C)nn4c(C)cc(C)nc34)CC2N)c1. The van der Waals surface area contributed by atoms with Crippen LogP contribution in [-0.4, -0.2) is 51.6 Å². The van der Waals surface area contributed by atoms with E-state index in [0.29, 0.717) is 30.0 Å². The summed E-state index contributed by atoms with van der Waals surface area (Å²) in [6.45, 7) is 6.81. The highest BCUT2D eigenvalue weighted by atomic mass is 16.5. The van der Waals surface area contributed by atoms with Crippen molar-refractivity contribution in [2.45, 2.75) is 32.7 Å². The monoisotopic (exact) mass is 379 g/mol. The minimum Gasteiger partial charge on any atom is -0.497 e. The summed E-state index contributed by atoms with van der Waals surface area (Å²) in [5.41, 5.74) is 11.2. The Morgan fingerprint density at radius 2 is 2.00 bits per heavy atom. The highest BCUT2D eigenvalue weighted by Gasteiger charge is 2.36. The van der Waals surface area contributed by atoms with E-state index in [1.165, 1.54) is 0 Å². The maximum Gasteiger partial charge on any atom is 0.259 e. The molecule has 7 nitrogen and oxygen atoms in total. The zero-order chi connectivity index (χ0) is 20.0. The van der Waals surface area contributed by atoms with E-state index in [9.17, 15) is 4.79 Å². The minimum atomic E-state index is -0.130. The van der Waals surface area contributed by atoms with E-state index in [1.807, 2.05) is 56.0 Å². The number of benzene rings is 1. The van der Waals surface area contributed by atoms with E-state index < -0.39 is 0 Å². The highest BCUT2D eigenvalue weighted by Crippen LogP contribution is 2.30. The van der Waals surface area contributed by atoms with Crippen LogP contribution in [0, 0.1) is 20.8 Å². The molecule has 0 aliphatic carbocycles. The first-order valence-electron chi connectivity index (χ1n) is 9.41. The van der Waals surface area contributed by atoms with Gasteiger partial charge in [0.1, 0.15) is 11.3 Å². The predicted octanol–water partition coefficient (Wildman–Crippen LogP) is 2.23. The van der Waals surface area contributed by atoms with Crippen LogP contribution in [0.2, 0.25) is 0 Å². The number of rotatable bonds is 3. The third-order valence-corrected chi connectivity index (χ3v) is 5.46. The Morgan fingerprint density at radius 3 is 2.75 bits per heavy atom. The van der Waals surface area contributed by atoms with Crippen LogP contribution in [0.25, 0.3) is 5.65 Å². The molecule has 0 saturated carbocycles. The van der Waals surface area contributed by atoms with Crippen LogP contribution >= 0.6 is 0 Å². The third kappa shape index (κ3) is 3.01. The summed E-state index contributed by atoms with van der Waals surface area (Å²) in [6.07, 6.45) is 0. The first-order valence-corrected chi connectivity index (χ1v) is 9.41. The number of hydrogen-bond donors (Lipinski definition) is 1. The molecule has 0 spiro atoms. The molecule has 1 amide bonds. The molecule has 7 heteroatoms. The fourth-order valence-electron chi connectivity index (χ4n) is 4.06. The molecule has 1 saturated heterocycles. The predicted molar refractivity (Wildman–Crippen MR) is 107 cm³/mol. The highest BCUT2D eigenvalue weighted by molar-refractivity contribution is 6.01. The average molecular weight is 379 g/mol. The van der Waals surface area contributed by atoms with Crippen LogP contribution < -0.4 is 10.5 Å². The number of likely N-dealkylation sites (tertiary alicyclic amines) is 1. The molecule has 4 rings (SSSR count). The first kappa shape index (κ1) is 18.4. The molecular weight excluding hydrogens is 354 g/mol. The van der Waals surface area contributed by atoms with E-state index in [1.54, 1.807) is 11.6 Å². The van der Waals surface area contributed by atoms with Crippen molar-refractivity contribution in [3.8, 4) is 5.75 Å². The van der Waals surface area contributed by atoms with Gasteiger partial charge >= 0.3 is 0 Å². The van der Waals surface area contributed by atoms with Crippen molar-refractivity contribution in [1.82, 2.24) is 19.5 Å². The Balaban J connectivity index is 1.66. The lowest BCUT2D eigenvalue weighted by molar-refractivity contribution is 0.0790. The second-order valence-electron chi connectivity index (χ2n) is 7.49. The standard InChI is InChI=1S/C21H25N5O2/c1-12-8-13(2)26-20(23-12)19(14(3)24-26)21(27)25-10-17(18(22)11-25)15-6-5-7-16(9-15)28-4/h5-9,17-18H,10-11,22H2,1-4H3. The van der Waals surface area contributed by atoms with Crippen LogP contribution in [0.15, 0.2) is 30.3 Å². The lowest BCUT2D eigenvalue weighted by Crippen LogP contribution is -2.32. The topological polar surface area (TPSA) is 85.8 Å². The van der Waals surface area contributed by atoms with Crippen LogP contribution in [-0.2, 0) is 0 Å². The van der Waals surface area contributed by atoms with Gasteiger partial charge in [-0.1, -0.05) is 12.1 Å². The van der Waals surface area contributed by atoms with Gasteiger partial charge in [0.25, 0.3) is 5.91 Å². The summed E-state index contributed by atoms with van der Waals surface area (Å²) in [5.74, 6) is 0.798. The van der Waals surface area contributed by atoms with E-state index >= 15 is 0 Å². The summed E-state index contributed by atoms with van der Waals surface area (Å²) < 4.78 is 7.07. The van der Waals surface area contributed by atoms with E-state index in [4.69, 9.17) is 10.5 Å². The maximum atomic E-state index is 13.4. The Bertz CT molecular complexity index is 1060. The number of carbonyl (C=O) groups is 1. The quantitative estimate of drug-likeness (QED) is 0.754. The number of hydrogen-bond acceptors (Lipinski definition) is 5. The summed E-state index contributed by atoms with van der Waals surface area (Å²) in [7, 11) is 1.65. The van der Waals surface area contributed by atoms with Crippen LogP contribution in [0.1, 0.15) is 38.9 Å². The number of aryl methyl sites for hydroxylation is 3. The van der Waals surface area contributed by atoms with Crippen molar-refractivity contribution in [3.05, 3.63) is 58.5 Å². The molecule has 1 aliphatic rings. The normalized spacial score (nSPS) is 19.4. The molecule has 0 bridgehead atoms. The largest absolute Gasteiger partial charge is 0.497 e.